The van der Waals surface area contributed by atoms with Gasteiger partial charge in [-0.05, 0) is 42.0 Å². The van der Waals surface area contributed by atoms with Gasteiger partial charge in [-0.25, -0.2) is 0 Å². The first kappa shape index (κ1) is 16.3. The van der Waals surface area contributed by atoms with E-state index in [9.17, 15) is 9.59 Å². The lowest BCUT2D eigenvalue weighted by atomic mass is 9.77. The summed E-state index contributed by atoms with van der Waals surface area (Å²) in [6, 6.07) is 12.0. The maximum absolute atomic E-state index is 12.8. The van der Waals surface area contributed by atoms with Crippen molar-refractivity contribution < 1.29 is 9.59 Å². The van der Waals surface area contributed by atoms with Gasteiger partial charge in [-0.3, -0.25) is 9.59 Å². The number of benzene rings is 1. The summed E-state index contributed by atoms with van der Waals surface area (Å²) in [6.07, 6.45) is 2.48. The third-order valence-electron chi connectivity index (χ3n) is 5.57. The molecule has 3 heterocycles. The lowest BCUT2D eigenvalue weighted by Crippen LogP contribution is -2.44. The molecule has 0 N–H and O–H groups in total. The lowest BCUT2D eigenvalue weighted by molar-refractivity contribution is -0.126. The van der Waals surface area contributed by atoms with E-state index in [-0.39, 0.29) is 17.2 Å². The van der Waals surface area contributed by atoms with Crippen LogP contribution in [0.3, 0.4) is 0 Å². The molecule has 2 aromatic rings. The van der Waals surface area contributed by atoms with Crippen LogP contribution < -0.4 is 0 Å². The highest BCUT2D eigenvalue weighted by Crippen LogP contribution is 2.40. The number of amides is 2. The summed E-state index contributed by atoms with van der Waals surface area (Å²) in [6.45, 7) is 2.32. The molecule has 0 unspecified atom stereocenters. The minimum atomic E-state index is 0.0889. The van der Waals surface area contributed by atoms with Gasteiger partial charge in [-0.2, -0.15) is 0 Å². The third kappa shape index (κ3) is 3.09. The fourth-order valence-electron chi connectivity index (χ4n) is 4.02. The van der Waals surface area contributed by atoms with E-state index in [0.717, 1.165) is 43.6 Å². The lowest BCUT2D eigenvalue weighted by Gasteiger charge is -2.38. The molecular formula is C20H22N2O2S. The predicted octanol–water partition coefficient (Wildman–Crippen LogP) is 3.50. The molecule has 2 aliphatic rings. The highest BCUT2D eigenvalue weighted by molar-refractivity contribution is 7.13. The minimum Gasteiger partial charge on any atom is -0.345 e. The largest absolute Gasteiger partial charge is 0.345 e. The summed E-state index contributed by atoms with van der Waals surface area (Å²) >= 11 is 1.70. The molecule has 5 heteroatoms. The van der Waals surface area contributed by atoms with E-state index in [4.69, 9.17) is 0 Å². The molecule has 0 aliphatic carbocycles. The van der Waals surface area contributed by atoms with Gasteiger partial charge in [-0.15, -0.1) is 11.3 Å². The zero-order valence-corrected chi connectivity index (χ0v) is 15.2. The van der Waals surface area contributed by atoms with Crippen molar-refractivity contribution in [2.24, 2.45) is 5.41 Å². The second-order valence-corrected chi connectivity index (χ2v) is 8.22. The zero-order valence-electron chi connectivity index (χ0n) is 14.4. The van der Waals surface area contributed by atoms with Crippen molar-refractivity contribution in [2.45, 2.75) is 19.3 Å². The summed E-state index contributed by atoms with van der Waals surface area (Å²) in [5.41, 5.74) is 1.98. The van der Waals surface area contributed by atoms with Crippen molar-refractivity contribution in [1.82, 2.24) is 9.80 Å². The molecule has 0 radical (unpaired) electrons. The van der Waals surface area contributed by atoms with Crippen LogP contribution in [0.2, 0.25) is 0 Å². The Bertz CT molecular complexity index is 775. The molecular weight excluding hydrogens is 332 g/mol. The van der Waals surface area contributed by atoms with Gasteiger partial charge in [0.25, 0.3) is 5.91 Å². The summed E-state index contributed by atoms with van der Waals surface area (Å²) < 4.78 is 0. The predicted molar refractivity (Wildman–Crippen MR) is 99.6 cm³/mol. The SMILES string of the molecule is CN1CC2(CCN(C(=O)c3ccc(-c4cccs4)cc3)CC2)CC1=O. The number of carbonyl (C=O) groups excluding carboxylic acids is 2. The van der Waals surface area contributed by atoms with E-state index in [0.29, 0.717) is 6.42 Å². The van der Waals surface area contributed by atoms with Crippen molar-refractivity contribution in [3.63, 3.8) is 0 Å². The van der Waals surface area contributed by atoms with Gasteiger partial charge in [0.15, 0.2) is 0 Å². The molecule has 4 rings (SSSR count). The van der Waals surface area contributed by atoms with Crippen molar-refractivity contribution >= 4 is 23.2 Å². The number of hydrogen-bond donors (Lipinski definition) is 0. The summed E-state index contributed by atoms with van der Waals surface area (Å²) in [7, 11) is 1.88. The maximum Gasteiger partial charge on any atom is 0.253 e. The van der Waals surface area contributed by atoms with Gasteiger partial charge in [0, 0.05) is 49.0 Å². The Kier molecular flexibility index (Phi) is 4.12. The van der Waals surface area contributed by atoms with Gasteiger partial charge in [0.05, 0.1) is 0 Å². The van der Waals surface area contributed by atoms with E-state index in [2.05, 4.69) is 11.4 Å². The van der Waals surface area contributed by atoms with Crippen LogP contribution in [-0.2, 0) is 4.79 Å². The molecule has 2 aliphatic heterocycles. The molecule has 2 amide bonds. The van der Waals surface area contributed by atoms with Crippen molar-refractivity contribution in [3.8, 4) is 10.4 Å². The Morgan fingerprint density at radius 3 is 2.40 bits per heavy atom. The Labute approximate surface area is 152 Å². The second-order valence-electron chi connectivity index (χ2n) is 7.27. The fraction of sp³-hybridized carbons (Fsp3) is 0.400. The first-order valence-electron chi connectivity index (χ1n) is 8.74. The van der Waals surface area contributed by atoms with Crippen LogP contribution in [0, 0.1) is 5.41 Å². The van der Waals surface area contributed by atoms with E-state index in [1.165, 1.54) is 4.88 Å². The molecule has 1 spiro atoms. The topological polar surface area (TPSA) is 40.6 Å². The Morgan fingerprint density at radius 2 is 1.84 bits per heavy atom. The quantitative estimate of drug-likeness (QED) is 0.828. The summed E-state index contributed by atoms with van der Waals surface area (Å²) in [5.74, 6) is 0.342. The first-order valence-corrected chi connectivity index (χ1v) is 9.62. The smallest absolute Gasteiger partial charge is 0.253 e. The van der Waals surface area contributed by atoms with Gasteiger partial charge in [0.2, 0.25) is 5.91 Å². The first-order chi connectivity index (χ1) is 12.1. The van der Waals surface area contributed by atoms with Crippen LogP contribution in [0.5, 0.6) is 0 Å². The van der Waals surface area contributed by atoms with Crippen molar-refractivity contribution in [2.75, 3.05) is 26.7 Å². The number of hydrogen-bond acceptors (Lipinski definition) is 3. The second kappa shape index (κ2) is 6.30. The molecule has 0 bridgehead atoms. The Hall–Kier alpha value is -2.14. The van der Waals surface area contributed by atoms with E-state index in [1.54, 1.807) is 11.3 Å². The van der Waals surface area contributed by atoms with Crippen molar-refractivity contribution in [3.05, 3.63) is 47.3 Å². The molecule has 0 atom stereocenters. The van der Waals surface area contributed by atoms with Gasteiger partial charge in [-0.1, -0.05) is 18.2 Å². The molecule has 4 nitrogen and oxygen atoms in total. The van der Waals surface area contributed by atoms with Gasteiger partial charge >= 0.3 is 0 Å². The van der Waals surface area contributed by atoms with Crippen molar-refractivity contribution in [1.29, 1.82) is 0 Å². The number of piperidine rings is 1. The molecule has 25 heavy (non-hydrogen) atoms. The molecule has 2 fully saturated rings. The van der Waals surface area contributed by atoms with Crippen LogP contribution in [0.4, 0.5) is 0 Å². The van der Waals surface area contributed by atoms with E-state index < -0.39 is 0 Å². The molecule has 1 aromatic heterocycles. The maximum atomic E-state index is 12.8. The Balaban J connectivity index is 1.41. The average Bonchev–Trinajstić information content (AvgIpc) is 3.24. The van der Waals surface area contributed by atoms with Gasteiger partial charge < -0.3 is 9.80 Å². The van der Waals surface area contributed by atoms with Crippen LogP contribution in [0.25, 0.3) is 10.4 Å². The summed E-state index contributed by atoms with van der Waals surface area (Å²) in [4.78, 5) is 29.6. The van der Waals surface area contributed by atoms with Crippen LogP contribution >= 0.6 is 11.3 Å². The van der Waals surface area contributed by atoms with Gasteiger partial charge in [0.1, 0.15) is 0 Å². The molecule has 130 valence electrons. The monoisotopic (exact) mass is 354 g/mol. The normalized spacial score (nSPS) is 19.6. The minimum absolute atomic E-state index is 0.0889. The summed E-state index contributed by atoms with van der Waals surface area (Å²) in [5, 5.41) is 2.06. The standard InChI is InChI=1S/C20H22N2O2S/c1-21-14-20(13-18(21)23)8-10-22(11-9-20)19(24)16-6-4-15(5-7-16)17-3-2-12-25-17/h2-7,12H,8-11,13-14H2,1H3. The highest BCUT2D eigenvalue weighted by Gasteiger charge is 2.44. The number of likely N-dealkylation sites (tertiary alicyclic amines) is 2. The molecule has 1 aromatic carbocycles. The fourth-order valence-corrected chi connectivity index (χ4v) is 4.76. The van der Waals surface area contributed by atoms with Crippen LogP contribution in [0.15, 0.2) is 41.8 Å². The van der Waals surface area contributed by atoms with Crippen LogP contribution in [0.1, 0.15) is 29.6 Å². The highest BCUT2D eigenvalue weighted by atomic mass is 32.1. The zero-order chi connectivity index (χ0) is 17.4. The van der Waals surface area contributed by atoms with E-state index >= 15 is 0 Å². The van der Waals surface area contributed by atoms with E-state index in [1.807, 2.05) is 47.2 Å². The number of nitrogens with zero attached hydrogens (tertiary/aromatic N) is 2. The average molecular weight is 354 g/mol. The van der Waals surface area contributed by atoms with Crippen LogP contribution in [-0.4, -0.2) is 48.3 Å². The number of carbonyl (C=O) groups is 2. The molecule has 0 saturated carbocycles. The molecule has 2 saturated heterocycles. The number of thiophene rings is 1. The Morgan fingerprint density at radius 1 is 1.12 bits per heavy atom. The third-order valence-corrected chi connectivity index (χ3v) is 6.49. The number of rotatable bonds is 2.